The van der Waals surface area contributed by atoms with Gasteiger partial charge in [0, 0.05) is 31.1 Å². The molecule has 1 aliphatic heterocycles. The molecule has 0 saturated carbocycles. The maximum Gasteiger partial charge on any atom is 0.416 e. The molecule has 1 fully saturated rings. The number of hydrogen-bond donors (Lipinski definition) is 1. The van der Waals surface area contributed by atoms with Gasteiger partial charge in [0.05, 0.1) is 18.8 Å². The molecule has 0 aliphatic carbocycles. The molecule has 1 atom stereocenters. The largest absolute Gasteiger partial charge is 0.416 e. The molecule has 1 aromatic carbocycles. The quantitative estimate of drug-likeness (QED) is 0.927. The molecule has 22 heavy (non-hydrogen) atoms. The van der Waals surface area contributed by atoms with E-state index in [2.05, 4.69) is 10.2 Å². The van der Waals surface area contributed by atoms with Crippen LogP contribution >= 0.6 is 0 Å². The first-order valence-corrected chi connectivity index (χ1v) is 7.08. The van der Waals surface area contributed by atoms with E-state index in [0.717, 1.165) is 25.2 Å². The number of hydrogen-bond acceptors (Lipinski definition) is 3. The predicted molar refractivity (Wildman–Crippen MR) is 75.6 cm³/mol. The minimum atomic E-state index is -4.39. The molecule has 1 amide bonds. The van der Waals surface area contributed by atoms with Gasteiger partial charge in [0.25, 0.3) is 5.91 Å². The molecule has 0 radical (unpaired) electrons. The van der Waals surface area contributed by atoms with Crippen molar-refractivity contribution in [3.05, 3.63) is 35.4 Å². The molecule has 7 heteroatoms. The maximum absolute atomic E-state index is 12.5. The number of carbonyl (C=O) groups is 1. The van der Waals surface area contributed by atoms with Crippen LogP contribution in [0.5, 0.6) is 0 Å². The van der Waals surface area contributed by atoms with Crippen LogP contribution in [-0.2, 0) is 10.9 Å². The molecular formula is C15H19F3N2O2. The van der Waals surface area contributed by atoms with Gasteiger partial charge in [-0.1, -0.05) is 0 Å². The second kappa shape index (κ2) is 7.11. The summed E-state index contributed by atoms with van der Waals surface area (Å²) < 4.78 is 42.9. The summed E-state index contributed by atoms with van der Waals surface area (Å²) in [6.07, 6.45) is -4.39. The first-order valence-electron chi connectivity index (χ1n) is 7.08. The van der Waals surface area contributed by atoms with Gasteiger partial charge >= 0.3 is 6.18 Å². The van der Waals surface area contributed by atoms with Gasteiger partial charge in [-0.05, 0) is 31.3 Å². The zero-order valence-electron chi connectivity index (χ0n) is 12.3. The molecule has 0 unspecified atom stereocenters. The lowest BCUT2D eigenvalue weighted by Crippen LogP contribution is -2.35. The summed E-state index contributed by atoms with van der Waals surface area (Å²) in [5.74, 6) is -0.202. The molecule has 1 heterocycles. The Kier molecular flexibility index (Phi) is 5.42. The van der Waals surface area contributed by atoms with Crippen LogP contribution in [0.4, 0.5) is 13.2 Å². The zero-order valence-corrected chi connectivity index (χ0v) is 12.3. The molecule has 1 N–H and O–H groups in total. The van der Waals surface area contributed by atoms with Gasteiger partial charge in [0.1, 0.15) is 0 Å². The lowest BCUT2D eigenvalue weighted by molar-refractivity contribution is -0.137. The van der Waals surface area contributed by atoms with Crippen molar-refractivity contribution in [1.29, 1.82) is 0 Å². The highest BCUT2D eigenvalue weighted by Gasteiger charge is 2.30. The first-order chi connectivity index (χ1) is 10.4. The number of rotatable bonds is 3. The Hall–Kier alpha value is -1.60. The lowest BCUT2D eigenvalue weighted by Gasteiger charge is -2.19. The Balaban J connectivity index is 1.89. The van der Waals surface area contributed by atoms with E-state index in [1.807, 2.05) is 7.05 Å². The first kappa shape index (κ1) is 16.8. The fraction of sp³-hybridized carbons (Fsp3) is 0.533. The van der Waals surface area contributed by atoms with Gasteiger partial charge in [-0.25, -0.2) is 0 Å². The summed E-state index contributed by atoms with van der Waals surface area (Å²) in [6.45, 7) is 3.33. The minimum Gasteiger partial charge on any atom is -0.380 e. The minimum absolute atomic E-state index is 0.172. The van der Waals surface area contributed by atoms with Crippen LogP contribution in [0.1, 0.15) is 15.9 Å². The number of ether oxygens (including phenoxy) is 1. The molecule has 122 valence electrons. The Morgan fingerprint density at radius 1 is 1.36 bits per heavy atom. The fourth-order valence-corrected chi connectivity index (χ4v) is 2.33. The smallest absolute Gasteiger partial charge is 0.380 e. The summed E-state index contributed by atoms with van der Waals surface area (Å²) in [5, 5.41) is 2.75. The van der Waals surface area contributed by atoms with Crippen LogP contribution in [0.2, 0.25) is 0 Å². The molecule has 1 saturated heterocycles. The van der Waals surface area contributed by atoms with E-state index in [-0.39, 0.29) is 17.4 Å². The molecular weight excluding hydrogens is 297 g/mol. The molecule has 0 aromatic heterocycles. The highest BCUT2D eigenvalue weighted by Crippen LogP contribution is 2.29. The third-order valence-corrected chi connectivity index (χ3v) is 3.57. The van der Waals surface area contributed by atoms with Crippen LogP contribution in [0.15, 0.2) is 24.3 Å². The number of carbonyl (C=O) groups excluding carboxylic acids is 1. The van der Waals surface area contributed by atoms with E-state index in [1.165, 1.54) is 12.1 Å². The summed E-state index contributed by atoms with van der Waals surface area (Å²) in [4.78, 5) is 14.1. The number of likely N-dealkylation sites (N-methyl/N-ethyl adjacent to an activating group) is 1. The average Bonchev–Trinajstić information content (AvgIpc) is 2.68. The van der Waals surface area contributed by atoms with Crippen molar-refractivity contribution in [3.8, 4) is 0 Å². The van der Waals surface area contributed by atoms with Crippen LogP contribution < -0.4 is 5.32 Å². The van der Waals surface area contributed by atoms with Crippen molar-refractivity contribution in [2.75, 3.05) is 39.9 Å². The lowest BCUT2D eigenvalue weighted by atomic mass is 10.1. The molecule has 0 spiro atoms. The second-order valence-electron chi connectivity index (χ2n) is 5.49. The van der Waals surface area contributed by atoms with E-state index >= 15 is 0 Å². The number of benzene rings is 1. The Morgan fingerprint density at radius 2 is 2.05 bits per heavy atom. The van der Waals surface area contributed by atoms with E-state index in [4.69, 9.17) is 4.74 Å². The standard InChI is InChI=1S/C15H19F3N2O2/c1-20-6-7-22-10-11(9-20)8-19-14(21)12-2-4-13(5-3-12)15(16,17)18/h2-5,11H,6-10H2,1H3,(H,19,21)/t11-/m0/s1. The molecule has 0 bridgehead atoms. The van der Waals surface area contributed by atoms with Crippen molar-refractivity contribution in [3.63, 3.8) is 0 Å². The molecule has 4 nitrogen and oxygen atoms in total. The summed E-state index contributed by atoms with van der Waals surface area (Å²) in [5.41, 5.74) is -0.543. The highest BCUT2D eigenvalue weighted by molar-refractivity contribution is 5.94. The number of amides is 1. The van der Waals surface area contributed by atoms with Crippen LogP contribution in [0.25, 0.3) is 0 Å². The van der Waals surface area contributed by atoms with Gasteiger partial charge in [0.15, 0.2) is 0 Å². The van der Waals surface area contributed by atoms with Crippen LogP contribution in [0, 0.1) is 5.92 Å². The van der Waals surface area contributed by atoms with E-state index in [9.17, 15) is 18.0 Å². The Morgan fingerprint density at radius 3 is 2.68 bits per heavy atom. The van der Waals surface area contributed by atoms with E-state index in [1.54, 1.807) is 0 Å². The highest BCUT2D eigenvalue weighted by atomic mass is 19.4. The third kappa shape index (κ3) is 4.71. The van der Waals surface area contributed by atoms with Crippen LogP contribution in [0.3, 0.4) is 0 Å². The molecule has 2 rings (SSSR count). The summed E-state index contributed by atoms with van der Waals surface area (Å²) >= 11 is 0. The van der Waals surface area contributed by atoms with E-state index in [0.29, 0.717) is 19.8 Å². The van der Waals surface area contributed by atoms with Crippen molar-refractivity contribution in [1.82, 2.24) is 10.2 Å². The monoisotopic (exact) mass is 316 g/mol. The van der Waals surface area contributed by atoms with Crippen molar-refractivity contribution in [2.45, 2.75) is 6.18 Å². The Bertz CT molecular complexity index is 503. The predicted octanol–water partition coefficient (Wildman–Crippen LogP) is 2.01. The molecule has 1 aliphatic rings. The van der Waals surface area contributed by atoms with Crippen molar-refractivity contribution < 1.29 is 22.7 Å². The van der Waals surface area contributed by atoms with Gasteiger partial charge in [0.2, 0.25) is 0 Å². The number of alkyl halides is 3. The fourth-order valence-electron chi connectivity index (χ4n) is 2.33. The topological polar surface area (TPSA) is 41.6 Å². The van der Waals surface area contributed by atoms with Crippen LogP contribution in [-0.4, -0.2) is 50.7 Å². The van der Waals surface area contributed by atoms with Gasteiger partial charge < -0.3 is 15.0 Å². The SMILES string of the molecule is CN1CCOC[C@@H](CNC(=O)c2ccc(C(F)(F)F)cc2)C1. The van der Waals surface area contributed by atoms with Crippen molar-refractivity contribution in [2.24, 2.45) is 5.92 Å². The number of halogens is 3. The summed E-state index contributed by atoms with van der Waals surface area (Å²) in [6, 6.07) is 4.21. The zero-order chi connectivity index (χ0) is 16.2. The maximum atomic E-state index is 12.5. The second-order valence-corrected chi connectivity index (χ2v) is 5.49. The van der Waals surface area contributed by atoms with Gasteiger partial charge in [-0.15, -0.1) is 0 Å². The van der Waals surface area contributed by atoms with E-state index < -0.39 is 11.7 Å². The van der Waals surface area contributed by atoms with Gasteiger partial charge in [-0.3, -0.25) is 4.79 Å². The Labute approximate surface area is 127 Å². The molecule has 1 aromatic rings. The van der Waals surface area contributed by atoms with Gasteiger partial charge in [-0.2, -0.15) is 13.2 Å². The average molecular weight is 316 g/mol. The third-order valence-electron chi connectivity index (χ3n) is 3.57. The van der Waals surface area contributed by atoms with Crippen molar-refractivity contribution >= 4 is 5.91 Å². The normalized spacial score (nSPS) is 20.5. The summed E-state index contributed by atoms with van der Waals surface area (Å²) in [7, 11) is 1.99. The number of nitrogens with zero attached hydrogens (tertiary/aromatic N) is 1. The number of nitrogens with one attached hydrogen (secondary N) is 1.